The number of hydrogen-bond donors (Lipinski definition) is 3. The van der Waals surface area contributed by atoms with Crippen LogP contribution < -0.4 is 14.8 Å². The molecule has 0 spiro atoms. The first-order valence-corrected chi connectivity index (χ1v) is 16.1. The zero-order chi connectivity index (χ0) is 33.7. The van der Waals surface area contributed by atoms with Gasteiger partial charge in [-0.05, 0) is 88.6 Å². The second-order valence-corrected chi connectivity index (χ2v) is 14.9. The molecule has 2 aromatic carbocycles. The zero-order valence-electron chi connectivity index (χ0n) is 27.4. The number of methoxy groups -OCH3 is 1. The van der Waals surface area contributed by atoms with Crippen LogP contribution in [0.4, 0.5) is 10.7 Å². The number of carbonyl (C=O) groups excluding carboxylic acids is 1. The largest absolute Gasteiger partial charge is 0.493 e. The van der Waals surface area contributed by atoms with Crippen molar-refractivity contribution in [3.05, 3.63) is 64.8 Å². The molecule has 0 bridgehead atoms. The standard InChI is InChI=1S/C33H44N4O7S/c1-20-12-10-13-21(2)26(20)27-28(43-9)25(17-16-23(19-32(3,4)5)34-31(40)44-33(6,7)8)35-30(36-27)37-45(41,42)24-15-11-14-22(18-24)29(38)39/h10-15,18,23H,16-17,19H2,1-9H3,(H,34,40)(H,38,39)(H,35,36,37)/t23-/m0/s1. The van der Waals surface area contributed by atoms with E-state index in [4.69, 9.17) is 9.47 Å². The Hall–Kier alpha value is -4.19. The van der Waals surface area contributed by atoms with Gasteiger partial charge in [0.2, 0.25) is 5.95 Å². The van der Waals surface area contributed by atoms with Crippen molar-refractivity contribution in [1.29, 1.82) is 0 Å². The number of benzene rings is 2. The van der Waals surface area contributed by atoms with Gasteiger partial charge in [0.05, 0.1) is 23.3 Å². The molecular weight excluding hydrogens is 596 g/mol. The second kappa shape index (κ2) is 13.8. The Morgan fingerprint density at radius 3 is 2.16 bits per heavy atom. The zero-order valence-corrected chi connectivity index (χ0v) is 28.3. The number of ether oxygens (including phenoxy) is 2. The van der Waals surface area contributed by atoms with Crippen LogP contribution >= 0.6 is 0 Å². The third kappa shape index (κ3) is 9.90. The average molecular weight is 641 g/mol. The van der Waals surface area contributed by atoms with Gasteiger partial charge in [-0.1, -0.05) is 45.0 Å². The Bertz CT molecular complexity index is 1640. The molecule has 3 N–H and O–H groups in total. The van der Waals surface area contributed by atoms with Crippen LogP contribution in [0.25, 0.3) is 11.3 Å². The second-order valence-electron chi connectivity index (χ2n) is 13.2. The number of amides is 1. The van der Waals surface area contributed by atoms with E-state index in [0.29, 0.717) is 36.4 Å². The number of aryl methyl sites for hydroxylation is 3. The predicted molar refractivity (Wildman–Crippen MR) is 173 cm³/mol. The number of aromatic carboxylic acids is 1. The third-order valence-electron chi connectivity index (χ3n) is 6.78. The molecule has 12 heteroatoms. The topological polar surface area (TPSA) is 157 Å². The van der Waals surface area contributed by atoms with E-state index in [2.05, 4.69) is 40.8 Å². The van der Waals surface area contributed by atoms with Crippen LogP contribution in [0.3, 0.4) is 0 Å². The molecule has 3 aromatic rings. The molecule has 1 heterocycles. The predicted octanol–water partition coefficient (Wildman–Crippen LogP) is 6.53. The average Bonchev–Trinajstić information content (AvgIpc) is 2.89. The van der Waals surface area contributed by atoms with E-state index in [0.717, 1.165) is 22.8 Å². The van der Waals surface area contributed by atoms with Gasteiger partial charge in [-0.15, -0.1) is 0 Å². The lowest BCUT2D eigenvalue weighted by Gasteiger charge is -2.28. The van der Waals surface area contributed by atoms with Crippen LogP contribution in [0.15, 0.2) is 47.4 Å². The van der Waals surface area contributed by atoms with Gasteiger partial charge in [0.25, 0.3) is 10.0 Å². The molecule has 244 valence electrons. The number of hydrogen-bond acceptors (Lipinski definition) is 8. The molecule has 45 heavy (non-hydrogen) atoms. The van der Waals surface area contributed by atoms with Crippen LogP contribution in [0.2, 0.25) is 0 Å². The molecule has 0 aliphatic carbocycles. The van der Waals surface area contributed by atoms with E-state index in [9.17, 15) is 23.1 Å². The highest BCUT2D eigenvalue weighted by atomic mass is 32.2. The van der Waals surface area contributed by atoms with E-state index in [1.807, 2.05) is 32.0 Å². The van der Waals surface area contributed by atoms with Gasteiger partial charge in [-0.2, -0.15) is 0 Å². The number of alkyl carbamates (subject to hydrolysis) is 1. The molecule has 1 amide bonds. The molecule has 0 aliphatic heterocycles. The summed E-state index contributed by atoms with van der Waals surface area (Å²) in [6, 6.07) is 10.5. The Kier molecular flexibility index (Phi) is 10.9. The molecule has 0 saturated carbocycles. The molecule has 0 unspecified atom stereocenters. The first-order valence-electron chi connectivity index (χ1n) is 14.7. The highest BCUT2D eigenvalue weighted by Crippen LogP contribution is 2.37. The normalized spacial score (nSPS) is 12.7. The van der Waals surface area contributed by atoms with Crippen LogP contribution in [-0.4, -0.2) is 54.3 Å². The summed E-state index contributed by atoms with van der Waals surface area (Å²) in [5.41, 5.74) is 2.45. The van der Waals surface area contributed by atoms with Crippen molar-refractivity contribution < 1.29 is 32.6 Å². The number of carboxylic acids is 1. The van der Waals surface area contributed by atoms with Gasteiger partial charge in [-0.3, -0.25) is 0 Å². The summed E-state index contributed by atoms with van der Waals surface area (Å²) in [6.45, 7) is 15.5. The first-order chi connectivity index (χ1) is 20.8. The number of rotatable bonds is 11. The minimum atomic E-state index is -4.27. The van der Waals surface area contributed by atoms with Crippen molar-refractivity contribution in [2.45, 2.75) is 91.2 Å². The lowest BCUT2D eigenvalue weighted by molar-refractivity contribution is 0.0489. The number of nitrogens with zero attached hydrogens (tertiary/aromatic N) is 2. The number of carbonyl (C=O) groups is 2. The van der Waals surface area contributed by atoms with Gasteiger partial charge in [-0.25, -0.2) is 32.7 Å². The molecule has 1 aromatic heterocycles. The van der Waals surface area contributed by atoms with Crippen molar-refractivity contribution in [3.8, 4) is 17.0 Å². The fourth-order valence-corrected chi connectivity index (χ4v) is 6.00. The fourth-order valence-electron chi connectivity index (χ4n) is 5.01. The third-order valence-corrected chi connectivity index (χ3v) is 8.11. The maximum atomic E-state index is 13.4. The van der Waals surface area contributed by atoms with E-state index in [-0.39, 0.29) is 27.9 Å². The smallest absolute Gasteiger partial charge is 0.407 e. The highest BCUT2D eigenvalue weighted by Gasteiger charge is 2.27. The molecule has 1 atom stereocenters. The van der Waals surface area contributed by atoms with Crippen LogP contribution in [0.5, 0.6) is 5.75 Å². The van der Waals surface area contributed by atoms with E-state index in [1.54, 1.807) is 20.8 Å². The van der Waals surface area contributed by atoms with Crippen LogP contribution in [0, 0.1) is 19.3 Å². The van der Waals surface area contributed by atoms with Gasteiger partial charge in [0.15, 0.2) is 5.75 Å². The summed E-state index contributed by atoms with van der Waals surface area (Å²) in [6.07, 6.45) is 0.870. The molecule has 3 rings (SSSR count). The number of anilines is 1. The minimum Gasteiger partial charge on any atom is -0.493 e. The van der Waals surface area contributed by atoms with Gasteiger partial charge >= 0.3 is 12.1 Å². The van der Waals surface area contributed by atoms with Crippen molar-refractivity contribution in [1.82, 2.24) is 15.3 Å². The van der Waals surface area contributed by atoms with Crippen LogP contribution in [-0.2, 0) is 21.2 Å². The quantitative estimate of drug-likeness (QED) is 0.212. The van der Waals surface area contributed by atoms with Gasteiger partial charge in [0.1, 0.15) is 11.3 Å². The maximum absolute atomic E-state index is 13.4. The first kappa shape index (κ1) is 35.3. The number of nitrogens with one attached hydrogen (secondary N) is 2. The Labute approximate surface area is 265 Å². The number of aromatic nitrogens is 2. The van der Waals surface area contributed by atoms with Crippen molar-refractivity contribution in [3.63, 3.8) is 0 Å². The molecule has 0 fully saturated rings. The maximum Gasteiger partial charge on any atom is 0.407 e. The number of sulfonamides is 1. The lowest BCUT2D eigenvalue weighted by Crippen LogP contribution is -2.41. The minimum absolute atomic E-state index is 0.121. The summed E-state index contributed by atoms with van der Waals surface area (Å²) in [5, 5.41) is 12.4. The number of carboxylic acid groups (broad SMARTS) is 1. The Balaban J connectivity index is 2.10. The van der Waals surface area contributed by atoms with Crippen molar-refractivity contribution >= 4 is 28.0 Å². The Morgan fingerprint density at radius 2 is 1.60 bits per heavy atom. The van der Waals surface area contributed by atoms with Crippen molar-refractivity contribution in [2.24, 2.45) is 5.41 Å². The highest BCUT2D eigenvalue weighted by molar-refractivity contribution is 7.92. The SMILES string of the molecule is COc1c(CC[C@@H](CC(C)(C)C)NC(=O)OC(C)(C)C)nc(NS(=O)(=O)c2cccc(C(=O)O)c2)nc1-c1c(C)cccc1C. The Morgan fingerprint density at radius 1 is 0.978 bits per heavy atom. The van der Waals surface area contributed by atoms with Gasteiger partial charge < -0.3 is 19.9 Å². The summed E-state index contributed by atoms with van der Waals surface area (Å²) in [7, 11) is -2.76. The summed E-state index contributed by atoms with van der Waals surface area (Å²) in [5.74, 6) is -1.07. The molecule has 11 nitrogen and oxygen atoms in total. The van der Waals surface area contributed by atoms with E-state index < -0.39 is 27.7 Å². The van der Waals surface area contributed by atoms with E-state index in [1.165, 1.54) is 25.3 Å². The molecule has 0 radical (unpaired) electrons. The van der Waals surface area contributed by atoms with Gasteiger partial charge in [0, 0.05) is 11.6 Å². The fraction of sp³-hybridized carbons (Fsp3) is 0.455. The monoisotopic (exact) mass is 640 g/mol. The summed E-state index contributed by atoms with van der Waals surface area (Å²) in [4.78, 5) is 33.1. The summed E-state index contributed by atoms with van der Waals surface area (Å²) < 4.78 is 40.6. The van der Waals surface area contributed by atoms with Crippen LogP contribution in [0.1, 0.15) is 81.6 Å². The van der Waals surface area contributed by atoms with E-state index >= 15 is 0 Å². The summed E-state index contributed by atoms with van der Waals surface area (Å²) >= 11 is 0. The molecule has 0 aliphatic rings. The molecule has 0 saturated heterocycles. The lowest BCUT2D eigenvalue weighted by atomic mass is 9.86. The molecular formula is C33H44N4O7S. The van der Waals surface area contributed by atoms with Crippen molar-refractivity contribution in [2.75, 3.05) is 11.8 Å².